The summed E-state index contributed by atoms with van der Waals surface area (Å²) in [6.07, 6.45) is -1.17. The Morgan fingerprint density at radius 2 is 2.15 bits per heavy atom. The van der Waals surface area contributed by atoms with Crippen LogP contribution < -0.4 is 5.32 Å². The molecular formula is C14H13F3N2S. The van der Waals surface area contributed by atoms with Gasteiger partial charge in [-0.3, -0.25) is 0 Å². The van der Waals surface area contributed by atoms with E-state index in [2.05, 4.69) is 10.3 Å². The van der Waals surface area contributed by atoms with Gasteiger partial charge in [0.15, 0.2) is 5.01 Å². The SMILES string of the molecule is CNC1CCc2c(-c3cnc(C(F)(F)F)s3)cccc21. The third kappa shape index (κ3) is 2.23. The number of thiazole rings is 1. The van der Waals surface area contributed by atoms with E-state index in [-0.39, 0.29) is 0 Å². The first kappa shape index (κ1) is 13.6. The number of rotatable bonds is 2. The van der Waals surface area contributed by atoms with Crippen LogP contribution in [0, 0.1) is 0 Å². The molecular weight excluding hydrogens is 285 g/mol. The fourth-order valence-corrected chi connectivity index (χ4v) is 3.55. The fourth-order valence-electron chi connectivity index (χ4n) is 2.71. The van der Waals surface area contributed by atoms with Crippen LogP contribution in [0.5, 0.6) is 0 Å². The summed E-state index contributed by atoms with van der Waals surface area (Å²) in [5.74, 6) is 0. The van der Waals surface area contributed by atoms with Crippen molar-refractivity contribution in [1.29, 1.82) is 0 Å². The van der Waals surface area contributed by atoms with E-state index in [1.165, 1.54) is 11.8 Å². The van der Waals surface area contributed by atoms with E-state index in [4.69, 9.17) is 0 Å². The van der Waals surface area contributed by atoms with Crippen LogP contribution in [-0.4, -0.2) is 12.0 Å². The first-order valence-corrected chi connectivity index (χ1v) is 7.15. The predicted octanol–water partition coefficient (Wildman–Crippen LogP) is 4.04. The van der Waals surface area contributed by atoms with Gasteiger partial charge in [-0.15, -0.1) is 11.3 Å². The molecule has 1 unspecified atom stereocenters. The Bertz CT molecular complexity index is 634. The molecule has 0 bridgehead atoms. The molecule has 106 valence electrons. The molecule has 1 aliphatic carbocycles. The first-order valence-electron chi connectivity index (χ1n) is 6.33. The molecule has 1 aromatic heterocycles. The summed E-state index contributed by atoms with van der Waals surface area (Å²) in [4.78, 5) is 4.10. The highest BCUT2D eigenvalue weighted by molar-refractivity contribution is 7.15. The summed E-state index contributed by atoms with van der Waals surface area (Å²) >= 11 is 0.711. The van der Waals surface area contributed by atoms with Crippen molar-refractivity contribution in [2.75, 3.05) is 7.05 Å². The molecule has 3 rings (SSSR count). The number of alkyl halides is 3. The zero-order valence-corrected chi connectivity index (χ0v) is 11.6. The molecule has 1 aromatic carbocycles. The van der Waals surface area contributed by atoms with Gasteiger partial charge in [-0.05, 0) is 36.6 Å². The number of aromatic nitrogens is 1. The highest BCUT2D eigenvalue weighted by atomic mass is 32.1. The molecule has 6 heteroatoms. The van der Waals surface area contributed by atoms with Crippen LogP contribution in [0.4, 0.5) is 13.2 Å². The second kappa shape index (κ2) is 4.86. The summed E-state index contributed by atoms with van der Waals surface area (Å²) in [7, 11) is 1.90. The molecule has 0 saturated carbocycles. The number of nitrogens with one attached hydrogen (secondary N) is 1. The second-order valence-corrected chi connectivity index (χ2v) is 5.81. The number of benzene rings is 1. The summed E-state index contributed by atoms with van der Waals surface area (Å²) in [6, 6.07) is 6.11. The van der Waals surface area contributed by atoms with E-state index in [0.29, 0.717) is 22.3 Å². The van der Waals surface area contributed by atoms with Gasteiger partial charge in [0.05, 0.1) is 4.88 Å². The Morgan fingerprint density at radius 1 is 1.35 bits per heavy atom. The van der Waals surface area contributed by atoms with Crippen molar-refractivity contribution < 1.29 is 13.2 Å². The summed E-state index contributed by atoms with van der Waals surface area (Å²) in [5, 5.41) is 2.45. The molecule has 1 N–H and O–H groups in total. The van der Waals surface area contributed by atoms with Gasteiger partial charge in [-0.25, -0.2) is 4.98 Å². The highest BCUT2D eigenvalue weighted by Gasteiger charge is 2.35. The molecule has 0 aliphatic heterocycles. The molecule has 0 amide bonds. The maximum atomic E-state index is 12.6. The smallest absolute Gasteiger partial charge is 0.313 e. The van der Waals surface area contributed by atoms with E-state index in [1.54, 1.807) is 0 Å². The lowest BCUT2D eigenvalue weighted by Gasteiger charge is -2.11. The normalized spacial score (nSPS) is 18.3. The van der Waals surface area contributed by atoms with Crippen molar-refractivity contribution in [3.8, 4) is 10.4 Å². The van der Waals surface area contributed by atoms with Gasteiger partial charge in [0, 0.05) is 12.2 Å². The molecule has 0 saturated heterocycles. The third-order valence-electron chi connectivity index (χ3n) is 3.63. The lowest BCUT2D eigenvalue weighted by molar-refractivity contribution is -0.137. The number of halogens is 3. The minimum Gasteiger partial charge on any atom is -0.313 e. The van der Waals surface area contributed by atoms with Gasteiger partial charge in [0.2, 0.25) is 0 Å². The predicted molar refractivity (Wildman–Crippen MR) is 72.7 cm³/mol. The van der Waals surface area contributed by atoms with Crippen LogP contribution in [-0.2, 0) is 12.6 Å². The van der Waals surface area contributed by atoms with E-state index in [0.717, 1.165) is 24.0 Å². The van der Waals surface area contributed by atoms with Crippen molar-refractivity contribution in [1.82, 2.24) is 10.3 Å². The standard InChI is InChI=1S/C14H13F3N2S/c1-18-11-6-5-8-9(11)3-2-4-10(8)12-7-19-13(20-12)14(15,16)17/h2-4,7,11,18H,5-6H2,1H3. The maximum Gasteiger partial charge on any atom is 0.443 e. The maximum absolute atomic E-state index is 12.6. The Morgan fingerprint density at radius 3 is 2.80 bits per heavy atom. The molecule has 1 aliphatic rings. The van der Waals surface area contributed by atoms with Gasteiger partial charge >= 0.3 is 6.18 Å². The third-order valence-corrected chi connectivity index (χ3v) is 4.71. The van der Waals surface area contributed by atoms with E-state index >= 15 is 0 Å². The molecule has 0 radical (unpaired) electrons. The Balaban J connectivity index is 2.04. The number of nitrogens with zero attached hydrogens (tertiary/aromatic N) is 1. The molecule has 0 spiro atoms. The van der Waals surface area contributed by atoms with Gasteiger partial charge < -0.3 is 5.32 Å². The summed E-state index contributed by atoms with van der Waals surface area (Å²) < 4.78 is 37.9. The minimum absolute atomic E-state index is 0.292. The van der Waals surface area contributed by atoms with Gasteiger partial charge in [-0.1, -0.05) is 18.2 Å². The fraction of sp³-hybridized carbons (Fsp3) is 0.357. The number of fused-ring (bicyclic) bond motifs is 1. The van der Waals surface area contributed by atoms with Crippen molar-refractivity contribution in [2.45, 2.75) is 25.1 Å². The minimum atomic E-state index is -4.37. The second-order valence-electron chi connectivity index (χ2n) is 4.78. The first-order chi connectivity index (χ1) is 9.50. The molecule has 1 atom stereocenters. The zero-order chi connectivity index (χ0) is 14.3. The van der Waals surface area contributed by atoms with E-state index < -0.39 is 11.2 Å². The monoisotopic (exact) mass is 298 g/mol. The quantitative estimate of drug-likeness (QED) is 0.905. The molecule has 2 aromatic rings. The average molecular weight is 298 g/mol. The lowest BCUT2D eigenvalue weighted by atomic mass is 10.0. The van der Waals surface area contributed by atoms with E-state index in [9.17, 15) is 13.2 Å². The number of hydrogen-bond acceptors (Lipinski definition) is 3. The molecule has 20 heavy (non-hydrogen) atoms. The van der Waals surface area contributed by atoms with Crippen molar-refractivity contribution in [3.05, 3.63) is 40.5 Å². The van der Waals surface area contributed by atoms with E-state index in [1.807, 2.05) is 25.2 Å². The Hall–Kier alpha value is -1.40. The number of hydrogen-bond donors (Lipinski definition) is 1. The van der Waals surface area contributed by atoms with Crippen LogP contribution >= 0.6 is 11.3 Å². The van der Waals surface area contributed by atoms with Crippen LogP contribution in [0.25, 0.3) is 10.4 Å². The Labute approximate surface area is 118 Å². The highest BCUT2D eigenvalue weighted by Crippen LogP contribution is 2.41. The van der Waals surface area contributed by atoms with Crippen LogP contribution in [0.3, 0.4) is 0 Å². The van der Waals surface area contributed by atoms with Gasteiger partial charge in [-0.2, -0.15) is 13.2 Å². The molecule has 2 nitrogen and oxygen atoms in total. The summed E-state index contributed by atoms with van der Waals surface area (Å²) in [6.45, 7) is 0. The molecule has 1 heterocycles. The van der Waals surface area contributed by atoms with Gasteiger partial charge in [0.1, 0.15) is 0 Å². The van der Waals surface area contributed by atoms with Crippen LogP contribution in [0.15, 0.2) is 24.4 Å². The molecule has 0 fully saturated rings. The largest absolute Gasteiger partial charge is 0.443 e. The van der Waals surface area contributed by atoms with Crippen LogP contribution in [0.1, 0.15) is 28.6 Å². The van der Waals surface area contributed by atoms with Crippen molar-refractivity contribution in [3.63, 3.8) is 0 Å². The summed E-state index contributed by atoms with van der Waals surface area (Å²) in [5.41, 5.74) is 3.21. The van der Waals surface area contributed by atoms with Gasteiger partial charge in [0.25, 0.3) is 0 Å². The lowest BCUT2D eigenvalue weighted by Crippen LogP contribution is -2.12. The topological polar surface area (TPSA) is 24.9 Å². The zero-order valence-electron chi connectivity index (χ0n) is 10.8. The van der Waals surface area contributed by atoms with Crippen LogP contribution in [0.2, 0.25) is 0 Å². The average Bonchev–Trinajstić information content (AvgIpc) is 3.04. The van der Waals surface area contributed by atoms with Crippen molar-refractivity contribution >= 4 is 11.3 Å². The Kier molecular flexibility index (Phi) is 3.30. The van der Waals surface area contributed by atoms with Crippen molar-refractivity contribution in [2.24, 2.45) is 0 Å².